The Bertz CT molecular complexity index is 570. The summed E-state index contributed by atoms with van der Waals surface area (Å²) in [6.45, 7) is 2.36. The van der Waals surface area contributed by atoms with Crippen LogP contribution in [0.3, 0.4) is 0 Å². The van der Waals surface area contributed by atoms with E-state index in [2.05, 4.69) is 54.8 Å². The van der Waals surface area contributed by atoms with Crippen molar-refractivity contribution in [2.24, 2.45) is 17.7 Å². The van der Waals surface area contributed by atoms with E-state index in [0.717, 1.165) is 5.92 Å². The molecule has 2 heteroatoms. The summed E-state index contributed by atoms with van der Waals surface area (Å²) < 4.78 is 0. The van der Waals surface area contributed by atoms with Crippen LogP contribution in [0.15, 0.2) is 42.5 Å². The van der Waals surface area contributed by atoms with E-state index in [4.69, 9.17) is 5.84 Å². The van der Waals surface area contributed by atoms with Crippen LogP contribution in [0.2, 0.25) is 0 Å². The lowest BCUT2D eigenvalue weighted by molar-refractivity contribution is 0.232. The van der Waals surface area contributed by atoms with Crippen molar-refractivity contribution in [3.8, 4) is 0 Å². The molecule has 3 rings (SSSR count). The molecule has 0 heterocycles. The Balaban J connectivity index is 1.87. The third kappa shape index (κ3) is 2.72. The van der Waals surface area contributed by atoms with Gasteiger partial charge in [0.05, 0.1) is 0 Å². The van der Waals surface area contributed by atoms with Crippen LogP contribution in [0.25, 0.3) is 10.8 Å². The molecule has 1 aliphatic rings. The van der Waals surface area contributed by atoms with E-state index in [-0.39, 0.29) is 6.04 Å². The Hall–Kier alpha value is -1.38. The molecule has 1 aliphatic carbocycles. The van der Waals surface area contributed by atoms with Crippen LogP contribution in [-0.4, -0.2) is 0 Å². The number of benzene rings is 2. The molecule has 1 atom stereocenters. The van der Waals surface area contributed by atoms with Gasteiger partial charge in [-0.3, -0.25) is 11.3 Å². The molecule has 1 saturated carbocycles. The first kappa shape index (κ1) is 13.6. The molecule has 2 nitrogen and oxygen atoms in total. The van der Waals surface area contributed by atoms with Gasteiger partial charge in [-0.2, -0.15) is 0 Å². The first-order valence-corrected chi connectivity index (χ1v) is 7.73. The number of hydrogen-bond donors (Lipinski definition) is 2. The fourth-order valence-electron chi connectivity index (χ4n) is 3.52. The van der Waals surface area contributed by atoms with Crippen molar-refractivity contribution >= 4 is 10.8 Å². The SMILES string of the molecule is CC1CCC(C(NN)c2ccc3ccccc3c2)CC1. The molecule has 0 aliphatic heterocycles. The zero-order valence-electron chi connectivity index (χ0n) is 12.2. The molecule has 1 unspecified atom stereocenters. The van der Waals surface area contributed by atoms with E-state index in [1.165, 1.54) is 42.0 Å². The average Bonchev–Trinajstić information content (AvgIpc) is 2.50. The highest BCUT2D eigenvalue weighted by atomic mass is 15.2. The van der Waals surface area contributed by atoms with Crippen LogP contribution in [-0.2, 0) is 0 Å². The van der Waals surface area contributed by atoms with Gasteiger partial charge in [0.25, 0.3) is 0 Å². The van der Waals surface area contributed by atoms with Crippen molar-refractivity contribution in [2.45, 2.75) is 38.6 Å². The van der Waals surface area contributed by atoms with Crippen molar-refractivity contribution < 1.29 is 0 Å². The van der Waals surface area contributed by atoms with Crippen LogP contribution in [0.4, 0.5) is 0 Å². The lowest BCUT2D eigenvalue weighted by atomic mass is 9.77. The number of nitrogens with two attached hydrogens (primary N) is 1. The molecule has 20 heavy (non-hydrogen) atoms. The van der Waals surface area contributed by atoms with Crippen molar-refractivity contribution in [2.75, 3.05) is 0 Å². The molecular formula is C18H24N2. The Morgan fingerprint density at radius 1 is 1.00 bits per heavy atom. The van der Waals surface area contributed by atoms with Crippen molar-refractivity contribution in [3.63, 3.8) is 0 Å². The second kappa shape index (κ2) is 5.94. The fraction of sp³-hybridized carbons (Fsp3) is 0.444. The Morgan fingerprint density at radius 2 is 1.70 bits per heavy atom. The number of fused-ring (bicyclic) bond motifs is 1. The zero-order valence-corrected chi connectivity index (χ0v) is 12.2. The van der Waals surface area contributed by atoms with Crippen molar-refractivity contribution in [3.05, 3.63) is 48.0 Å². The van der Waals surface area contributed by atoms with Gasteiger partial charge >= 0.3 is 0 Å². The lowest BCUT2D eigenvalue weighted by Crippen LogP contribution is -2.35. The minimum Gasteiger partial charge on any atom is -0.271 e. The predicted molar refractivity (Wildman–Crippen MR) is 85.1 cm³/mol. The lowest BCUT2D eigenvalue weighted by Gasteiger charge is -2.32. The van der Waals surface area contributed by atoms with E-state index in [1.54, 1.807) is 0 Å². The number of rotatable bonds is 3. The summed E-state index contributed by atoms with van der Waals surface area (Å²) in [6, 6.07) is 15.5. The van der Waals surface area contributed by atoms with Gasteiger partial charge in [-0.05, 0) is 47.1 Å². The number of hydrogen-bond acceptors (Lipinski definition) is 2. The molecular weight excluding hydrogens is 244 g/mol. The highest BCUT2D eigenvalue weighted by Crippen LogP contribution is 2.37. The van der Waals surface area contributed by atoms with E-state index < -0.39 is 0 Å². The smallest absolute Gasteiger partial charge is 0.0488 e. The van der Waals surface area contributed by atoms with Gasteiger partial charge in [0, 0.05) is 6.04 Å². The molecule has 0 amide bonds. The van der Waals surface area contributed by atoms with Crippen molar-refractivity contribution in [1.29, 1.82) is 0 Å². The van der Waals surface area contributed by atoms with E-state index in [1.807, 2.05) is 0 Å². The zero-order chi connectivity index (χ0) is 13.9. The minimum atomic E-state index is 0.284. The summed E-state index contributed by atoms with van der Waals surface area (Å²) in [7, 11) is 0. The fourth-order valence-corrected chi connectivity index (χ4v) is 3.52. The molecule has 2 aromatic rings. The molecule has 1 fully saturated rings. The van der Waals surface area contributed by atoms with Gasteiger partial charge in [0.2, 0.25) is 0 Å². The van der Waals surface area contributed by atoms with Gasteiger partial charge in [-0.1, -0.05) is 56.2 Å². The van der Waals surface area contributed by atoms with Gasteiger partial charge < -0.3 is 0 Å². The quantitative estimate of drug-likeness (QED) is 0.647. The molecule has 2 aromatic carbocycles. The number of hydrazine groups is 1. The van der Waals surface area contributed by atoms with Gasteiger partial charge in [0.1, 0.15) is 0 Å². The Morgan fingerprint density at radius 3 is 2.40 bits per heavy atom. The topological polar surface area (TPSA) is 38.0 Å². The summed E-state index contributed by atoms with van der Waals surface area (Å²) in [4.78, 5) is 0. The molecule has 0 radical (unpaired) electrons. The second-order valence-corrected chi connectivity index (χ2v) is 6.27. The maximum absolute atomic E-state index is 5.86. The maximum Gasteiger partial charge on any atom is 0.0488 e. The molecule has 0 bridgehead atoms. The Kier molecular flexibility index (Phi) is 4.04. The second-order valence-electron chi connectivity index (χ2n) is 6.27. The van der Waals surface area contributed by atoms with Gasteiger partial charge in [-0.25, -0.2) is 0 Å². The summed E-state index contributed by atoms with van der Waals surface area (Å²) in [5.41, 5.74) is 4.39. The summed E-state index contributed by atoms with van der Waals surface area (Å²) in [6.07, 6.45) is 5.22. The normalized spacial score (nSPS) is 24.7. The van der Waals surface area contributed by atoms with Crippen LogP contribution < -0.4 is 11.3 Å². The standard InChI is InChI=1S/C18H24N2/c1-13-6-8-15(9-7-13)18(20-19)17-11-10-14-4-2-3-5-16(14)12-17/h2-5,10-13,15,18,20H,6-9,19H2,1H3. The van der Waals surface area contributed by atoms with Crippen molar-refractivity contribution in [1.82, 2.24) is 5.43 Å². The van der Waals surface area contributed by atoms with Gasteiger partial charge in [-0.15, -0.1) is 0 Å². The molecule has 0 aromatic heterocycles. The summed E-state index contributed by atoms with van der Waals surface area (Å²) >= 11 is 0. The third-order valence-electron chi connectivity index (χ3n) is 4.84. The summed E-state index contributed by atoms with van der Waals surface area (Å²) in [5, 5.41) is 2.60. The van der Waals surface area contributed by atoms with E-state index in [9.17, 15) is 0 Å². The van der Waals surface area contributed by atoms with Crippen LogP contribution in [0.5, 0.6) is 0 Å². The third-order valence-corrected chi connectivity index (χ3v) is 4.84. The monoisotopic (exact) mass is 268 g/mol. The molecule has 0 spiro atoms. The highest BCUT2D eigenvalue weighted by molar-refractivity contribution is 5.83. The molecule has 0 saturated heterocycles. The van der Waals surface area contributed by atoms with Crippen LogP contribution >= 0.6 is 0 Å². The first-order valence-electron chi connectivity index (χ1n) is 7.73. The Labute approximate surface area is 121 Å². The molecule has 106 valence electrons. The van der Waals surface area contributed by atoms with Crippen LogP contribution in [0.1, 0.15) is 44.2 Å². The maximum atomic E-state index is 5.86. The summed E-state index contributed by atoms with van der Waals surface area (Å²) in [5.74, 6) is 7.40. The number of nitrogens with one attached hydrogen (secondary N) is 1. The van der Waals surface area contributed by atoms with Gasteiger partial charge in [0.15, 0.2) is 0 Å². The van der Waals surface area contributed by atoms with Crippen LogP contribution in [0, 0.1) is 11.8 Å². The largest absolute Gasteiger partial charge is 0.271 e. The minimum absolute atomic E-state index is 0.284. The predicted octanol–water partition coefficient (Wildman–Crippen LogP) is 4.17. The molecule has 3 N–H and O–H groups in total. The highest BCUT2D eigenvalue weighted by Gasteiger charge is 2.26. The van der Waals surface area contributed by atoms with E-state index >= 15 is 0 Å². The van der Waals surface area contributed by atoms with E-state index in [0.29, 0.717) is 5.92 Å². The average molecular weight is 268 g/mol. The first-order chi connectivity index (χ1) is 9.78.